The van der Waals surface area contributed by atoms with Gasteiger partial charge in [-0.2, -0.15) is 0 Å². The van der Waals surface area contributed by atoms with E-state index >= 15 is 0 Å². The number of hydrogen-bond donors (Lipinski definition) is 1. The van der Waals surface area contributed by atoms with Crippen LogP contribution in [0.15, 0.2) is 18.2 Å². The van der Waals surface area contributed by atoms with Gasteiger partial charge >= 0.3 is 0 Å². The Bertz CT molecular complexity index is 663. The van der Waals surface area contributed by atoms with E-state index in [4.69, 9.17) is 0 Å². The number of nitrogens with zero attached hydrogens (tertiary/aromatic N) is 2. The Balaban J connectivity index is 1.42. The molecule has 0 aromatic heterocycles. The van der Waals surface area contributed by atoms with Crippen LogP contribution < -0.4 is 5.32 Å². The molecule has 1 N–H and O–H groups in total. The largest absolute Gasteiger partial charge is 0.329 e. The van der Waals surface area contributed by atoms with Gasteiger partial charge in [0.1, 0.15) is 17.9 Å². The van der Waals surface area contributed by atoms with E-state index in [-0.39, 0.29) is 35.8 Å². The molecule has 24 heavy (non-hydrogen) atoms. The standard InChI is InChI=1S/C18H22FN3O2/c1-11-4-5-12(7-14(11)19)9-20-13-8-16-18(24)21-6-2-3-15(21)17(23)22(16)10-13/h4-5,7,13,15-16,20H,2-3,6,8-10H2,1H3/t13-,15+,16-/m0/s1. The summed E-state index contributed by atoms with van der Waals surface area (Å²) < 4.78 is 13.6. The van der Waals surface area contributed by atoms with Gasteiger partial charge in [0.05, 0.1) is 0 Å². The van der Waals surface area contributed by atoms with Crippen LogP contribution in [-0.2, 0) is 16.1 Å². The van der Waals surface area contributed by atoms with Crippen LogP contribution in [0.3, 0.4) is 0 Å². The molecule has 6 heteroatoms. The Kier molecular flexibility index (Phi) is 3.79. The van der Waals surface area contributed by atoms with Gasteiger partial charge in [-0.1, -0.05) is 12.1 Å². The topological polar surface area (TPSA) is 52.7 Å². The summed E-state index contributed by atoms with van der Waals surface area (Å²) in [7, 11) is 0. The maximum atomic E-state index is 13.6. The summed E-state index contributed by atoms with van der Waals surface area (Å²) in [5, 5.41) is 3.38. The van der Waals surface area contributed by atoms with Crippen LogP contribution in [0.5, 0.6) is 0 Å². The number of carbonyl (C=O) groups excluding carboxylic acids is 2. The third-order valence-electron chi connectivity index (χ3n) is 5.52. The van der Waals surface area contributed by atoms with Gasteiger partial charge in [0.15, 0.2) is 0 Å². The number of benzene rings is 1. The zero-order valence-corrected chi connectivity index (χ0v) is 13.8. The molecule has 3 aliphatic rings. The van der Waals surface area contributed by atoms with Crippen LogP contribution >= 0.6 is 0 Å². The van der Waals surface area contributed by atoms with E-state index in [2.05, 4.69) is 5.32 Å². The fourth-order valence-electron chi connectivity index (χ4n) is 4.14. The molecule has 3 saturated heterocycles. The van der Waals surface area contributed by atoms with Gasteiger partial charge in [-0.15, -0.1) is 0 Å². The van der Waals surface area contributed by atoms with Crippen LogP contribution in [0.2, 0.25) is 0 Å². The molecule has 3 heterocycles. The lowest BCUT2D eigenvalue weighted by atomic mass is 10.1. The summed E-state index contributed by atoms with van der Waals surface area (Å²) in [6.45, 7) is 3.55. The number of carbonyl (C=O) groups is 2. The van der Waals surface area contributed by atoms with Crippen LogP contribution in [0.4, 0.5) is 4.39 Å². The Labute approximate surface area is 140 Å². The molecule has 3 aliphatic heterocycles. The van der Waals surface area contributed by atoms with Gasteiger partial charge in [0, 0.05) is 25.7 Å². The molecular weight excluding hydrogens is 309 g/mol. The number of rotatable bonds is 3. The van der Waals surface area contributed by atoms with Crippen molar-refractivity contribution in [2.45, 2.75) is 50.9 Å². The summed E-state index contributed by atoms with van der Waals surface area (Å²) in [6, 6.07) is 4.73. The fourth-order valence-corrected chi connectivity index (χ4v) is 4.14. The summed E-state index contributed by atoms with van der Waals surface area (Å²) in [5.74, 6) is -0.00492. The number of amides is 2. The van der Waals surface area contributed by atoms with E-state index in [1.165, 1.54) is 6.07 Å². The number of piperazine rings is 1. The van der Waals surface area contributed by atoms with Crippen LogP contribution in [0.25, 0.3) is 0 Å². The Morgan fingerprint density at radius 3 is 2.79 bits per heavy atom. The van der Waals surface area contributed by atoms with Crippen molar-refractivity contribution in [3.63, 3.8) is 0 Å². The molecule has 5 nitrogen and oxygen atoms in total. The van der Waals surface area contributed by atoms with E-state index in [9.17, 15) is 14.0 Å². The van der Waals surface area contributed by atoms with Gasteiger partial charge in [0.25, 0.3) is 0 Å². The maximum absolute atomic E-state index is 13.6. The predicted molar refractivity (Wildman–Crippen MR) is 86.6 cm³/mol. The summed E-state index contributed by atoms with van der Waals surface area (Å²) in [6.07, 6.45) is 2.35. The lowest BCUT2D eigenvalue weighted by molar-refractivity contribution is -0.156. The maximum Gasteiger partial charge on any atom is 0.246 e. The van der Waals surface area contributed by atoms with Crippen molar-refractivity contribution in [2.75, 3.05) is 13.1 Å². The van der Waals surface area contributed by atoms with Crippen molar-refractivity contribution >= 4 is 11.8 Å². The minimum Gasteiger partial charge on any atom is -0.329 e. The normalized spacial score (nSPS) is 29.2. The summed E-state index contributed by atoms with van der Waals surface area (Å²) >= 11 is 0. The molecule has 1 aromatic carbocycles. The van der Waals surface area contributed by atoms with Gasteiger partial charge in [-0.25, -0.2) is 4.39 Å². The third-order valence-corrected chi connectivity index (χ3v) is 5.52. The number of halogens is 1. The second-order valence-corrected chi connectivity index (χ2v) is 7.09. The first-order valence-electron chi connectivity index (χ1n) is 8.64. The highest BCUT2D eigenvalue weighted by atomic mass is 19.1. The van der Waals surface area contributed by atoms with E-state index in [1.54, 1.807) is 22.8 Å². The third kappa shape index (κ3) is 2.49. The number of fused-ring (bicyclic) bond motifs is 2. The van der Waals surface area contributed by atoms with Gasteiger partial charge < -0.3 is 15.1 Å². The predicted octanol–water partition coefficient (Wildman–Crippen LogP) is 1.20. The fraction of sp³-hybridized carbons (Fsp3) is 0.556. The average molecular weight is 331 g/mol. The Morgan fingerprint density at radius 1 is 1.21 bits per heavy atom. The van der Waals surface area contributed by atoms with Crippen molar-refractivity contribution < 1.29 is 14.0 Å². The van der Waals surface area contributed by atoms with Gasteiger partial charge in [-0.05, 0) is 43.4 Å². The lowest BCUT2D eigenvalue weighted by Crippen LogP contribution is -2.60. The first kappa shape index (κ1) is 15.6. The van der Waals surface area contributed by atoms with Crippen molar-refractivity contribution in [3.8, 4) is 0 Å². The number of hydrogen-bond acceptors (Lipinski definition) is 3. The van der Waals surface area contributed by atoms with Gasteiger partial charge in [0.2, 0.25) is 11.8 Å². The van der Waals surface area contributed by atoms with Crippen molar-refractivity contribution in [3.05, 3.63) is 35.1 Å². The first-order chi connectivity index (χ1) is 11.5. The van der Waals surface area contributed by atoms with Crippen molar-refractivity contribution in [2.24, 2.45) is 0 Å². The van der Waals surface area contributed by atoms with E-state index in [1.807, 2.05) is 6.07 Å². The minimum absolute atomic E-state index is 0.0762. The minimum atomic E-state index is -0.320. The SMILES string of the molecule is Cc1ccc(CN[C@H]2C[C@H]3C(=O)N4CCC[C@@H]4C(=O)N3C2)cc1F. The van der Waals surface area contributed by atoms with Crippen LogP contribution in [0.1, 0.15) is 30.4 Å². The average Bonchev–Trinajstić information content (AvgIpc) is 3.21. The Morgan fingerprint density at radius 2 is 2.00 bits per heavy atom. The quantitative estimate of drug-likeness (QED) is 0.905. The molecule has 4 rings (SSSR count). The number of aryl methyl sites for hydroxylation is 1. The second-order valence-electron chi connectivity index (χ2n) is 7.09. The monoisotopic (exact) mass is 331 g/mol. The molecule has 0 radical (unpaired) electrons. The van der Waals surface area contributed by atoms with E-state index in [0.717, 1.165) is 18.4 Å². The zero-order valence-electron chi connectivity index (χ0n) is 13.8. The summed E-state index contributed by atoms with van der Waals surface area (Å²) in [5.41, 5.74) is 1.51. The van der Waals surface area contributed by atoms with Crippen LogP contribution in [0, 0.1) is 12.7 Å². The molecule has 0 aliphatic carbocycles. The first-order valence-corrected chi connectivity index (χ1v) is 8.64. The highest BCUT2D eigenvalue weighted by molar-refractivity contribution is 5.98. The molecule has 0 unspecified atom stereocenters. The molecule has 1 aromatic rings. The molecule has 0 saturated carbocycles. The number of nitrogens with one attached hydrogen (secondary N) is 1. The lowest BCUT2D eigenvalue weighted by Gasteiger charge is -2.38. The molecule has 0 bridgehead atoms. The van der Waals surface area contributed by atoms with Crippen molar-refractivity contribution in [1.82, 2.24) is 15.1 Å². The smallest absolute Gasteiger partial charge is 0.246 e. The zero-order chi connectivity index (χ0) is 16.8. The van der Waals surface area contributed by atoms with Gasteiger partial charge in [-0.3, -0.25) is 9.59 Å². The van der Waals surface area contributed by atoms with Crippen molar-refractivity contribution in [1.29, 1.82) is 0 Å². The van der Waals surface area contributed by atoms with Crippen LogP contribution in [-0.4, -0.2) is 52.8 Å². The highest BCUT2D eigenvalue weighted by Gasteiger charge is 2.51. The molecule has 3 fully saturated rings. The molecular formula is C18H22FN3O2. The molecule has 128 valence electrons. The molecule has 2 amide bonds. The highest BCUT2D eigenvalue weighted by Crippen LogP contribution is 2.32. The van der Waals surface area contributed by atoms with E-state index < -0.39 is 0 Å². The van der Waals surface area contributed by atoms with E-state index in [0.29, 0.717) is 31.6 Å². The second kappa shape index (κ2) is 5.84. The molecule has 0 spiro atoms. The Hall–Kier alpha value is -1.95. The molecule has 3 atom stereocenters. The summed E-state index contributed by atoms with van der Waals surface area (Å²) in [4.78, 5) is 28.7.